The van der Waals surface area contributed by atoms with Crippen molar-refractivity contribution < 1.29 is 19.1 Å². The molecule has 2 aromatic carbocycles. The molecule has 0 bridgehead atoms. The van der Waals surface area contributed by atoms with E-state index in [0.717, 1.165) is 18.4 Å². The fourth-order valence-electron chi connectivity index (χ4n) is 4.25. The lowest BCUT2D eigenvalue weighted by Gasteiger charge is -2.37. The Hall–Kier alpha value is -3.61. The highest BCUT2D eigenvalue weighted by molar-refractivity contribution is 6.04. The zero-order valence-electron chi connectivity index (χ0n) is 21.9. The van der Waals surface area contributed by atoms with Gasteiger partial charge in [0.05, 0.1) is 23.9 Å². The third-order valence-corrected chi connectivity index (χ3v) is 5.80. The minimum atomic E-state index is -0.732. The minimum absolute atomic E-state index is 0.0933. The summed E-state index contributed by atoms with van der Waals surface area (Å²) in [6.07, 6.45) is 2.07. The van der Waals surface area contributed by atoms with Crippen molar-refractivity contribution in [2.75, 3.05) is 18.5 Å². The zero-order chi connectivity index (χ0) is 26.3. The number of rotatable bonds is 9. The molecule has 1 unspecified atom stereocenters. The van der Waals surface area contributed by atoms with Gasteiger partial charge in [-0.3, -0.25) is 9.69 Å². The molecule has 0 saturated heterocycles. The summed E-state index contributed by atoms with van der Waals surface area (Å²) in [6.45, 7) is 10.5. The number of benzene rings is 2. The first-order chi connectivity index (χ1) is 17.1. The number of urea groups is 1. The van der Waals surface area contributed by atoms with Gasteiger partial charge in [0, 0.05) is 18.7 Å². The van der Waals surface area contributed by atoms with E-state index in [1.165, 1.54) is 0 Å². The lowest BCUT2D eigenvalue weighted by Crippen LogP contribution is -2.48. The van der Waals surface area contributed by atoms with Crippen LogP contribution in [0.15, 0.2) is 60.2 Å². The molecule has 0 fully saturated rings. The van der Waals surface area contributed by atoms with Crippen molar-refractivity contribution in [1.29, 1.82) is 0 Å². The Bertz CT molecular complexity index is 1120. The molecule has 36 heavy (non-hydrogen) atoms. The van der Waals surface area contributed by atoms with E-state index in [1.807, 2.05) is 63.2 Å². The van der Waals surface area contributed by atoms with Crippen LogP contribution in [0.5, 0.6) is 0 Å². The molecule has 1 aliphatic heterocycles. The minimum Gasteiger partial charge on any atom is -0.463 e. The van der Waals surface area contributed by atoms with Gasteiger partial charge in [-0.25, -0.2) is 9.59 Å². The number of nitrogens with zero attached hydrogens (tertiary/aromatic N) is 1. The average molecular weight is 492 g/mol. The van der Waals surface area contributed by atoms with Crippen molar-refractivity contribution in [3.8, 4) is 0 Å². The number of anilines is 1. The van der Waals surface area contributed by atoms with Gasteiger partial charge in [0.25, 0.3) is 0 Å². The predicted molar refractivity (Wildman–Crippen MR) is 142 cm³/mol. The molecule has 1 heterocycles. The molecule has 0 aliphatic carbocycles. The number of carbonyl (C=O) groups excluding carboxylic acids is 3. The summed E-state index contributed by atoms with van der Waals surface area (Å²) in [7, 11) is 0. The first-order valence-electron chi connectivity index (χ1n) is 12.6. The first kappa shape index (κ1) is 27.0. The van der Waals surface area contributed by atoms with Crippen LogP contribution < -0.4 is 10.6 Å². The van der Waals surface area contributed by atoms with Gasteiger partial charge in [0.1, 0.15) is 0 Å². The Balaban J connectivity index is 2.11. The van der Waals surface area contributed by atoms with Crippen LogP contribution in [0.3, 0.4) is 0 Å². The number of carbonyl (C=O) groups is 3. The molecular weight excluding hydrogens is 454 g/mol. The topological polar surface area (TPSA) is 87.7 Å². The molecule has 7 heteroatoms. The van der Waals surface area contributed by atoms with Crippen LogP contribution in [-0.4, -0.2) is 36.0 Å². The summed E-state index contributed by atoms with van der Waals surface area (Å²) in [6, 6.07) is 15.7. The highest BCUT2D eigenvalue weighted by Gasteiger charge is 2.38. The van der Waals surface area contributed by atoms with Gasteiger partial charge in [-0.2, -0.15) is 0 Å². The summed E-state index contributed by atoms with van der Waals surface area (Å²) < 4.78 is 5.48. The number of unbranched alkanes of at least 4 members (excludes halogenated alkanes) is 1. The van der Waals surface area contributed by atoms with Crippen molar-refractivity contribution in [3.63, 3.8) is 0 Å². The predicted octanol–water partition coefficient (Wildman–Crippen LogP) is 5.90. The molecule has 0 spiro atoms. The monoisotopic (exact) mass is 491 g/mol. The number of nitrogens with one attached hydrogen (secondary N) is 2. The highest BCUT2D eigenvalue weighted by Crippen LogP contribution is 2.37. The third-order valence-electron chi connectivity index (χ3n) is 5.80. The zero-order valence-corrected chi connectivity index (χ0v) is 21.9. The second kappa shape index (κ2) is 11.9. The van der Waals surface area contributed by atoms with Crippen molar-refractivity contribution in [3.05, 3.63) is 71.3 Å². The van der Waals surface area contributed by atoms with E-state index in [0.29, 0.717) is 35.5 Å². The van der Waals surface area contributed by atoms with Gasteiger partial charge in [0.15, 0.2) is 0 Å². The van der Waals surface area contributed by atoms with E-state index in [1.54, 1.807) is 24.0 Å². The Kier molecular flexibility index (Phi) is 8.91. The molecule has 192 valence electrons. The Morgan fingerprint density at radius 1 is 1.06 bits per heavy atom. The SMILES string of the molecule is CCCCN1C(=O)NC(c2cccc(NC(=O)CC(C)(C)C)c2)C(C(=O)OCC)=C1c1ccccc1. The third kappa shape index (κ3) is 6.74. The first-order valence-corrected chi connectivity index (χ1v) is 12.6. The second-order valence-corrected chi connectivity index (χ2v) is 10.1. The van der Waals surface area contributed by atoms with Crippen molar-refractivity contribution in [2.45, 2.75) is 59.9 Å². The standard InChI is InChI=1S/C29H37N3O4/c1-6-8-17-32-26(20-13-10-9-11-14-20)24(27(34)36-7-2)25(31-28(32)35)21-15-12-16-22(18-21)30-23(33)19-29(3,4)5/h9-16,18,25H,6-8,17,19H2,1-5H3,(H,30,33)(H,31,35). The van der Waals surface area contributed by atoms with Gasteiger partial charge in [0.2, 0.25) is 5.91 Å². The Labute approximate surface area is 213 Å². The van der Waals surface area contributed by atoms with Crippen LogP contribution in [0.25, 0.3) is 5.70 Å². The molecule has 3 rings (SSSR count). The summed E-state index contributed by atoms with van der Waals surface area (Å²) >= 11 is 0. The van der Waals surface area contributed by atoms with Crippen molar-refractivity contribution in [2.24, 2.45) is 5.41 Å². The number of ether oxygens (including phenoxy) is 1. The number of hydrogen-bond donors (Lipinski definition) is 2. The molecule has 7 nitrogen and oxygen atoms in total. The van der Waals surface area contributed by atoms with Gasteiger partial charge in [-0.1, -0.05) is 76.6 Å². The molecule has 0 aromatic heterocycles. The highest BCUT2D eigenvalue weighted by atomic mass is 16.5. The van der Waals surface area contributed by atoms with Gasteiger partial charge in [-0.15, -0.1) is 0 Å². The summed E-state index contributed by atoms with van der Waals surface area (Å²) in [5.74, 6) is -0.575. The van der Waals surface area contributed by atoms with E-state index in [4.69, 9.17) is 4.74 Å². The molecule has 2 N–H and O–H groups in total. The van der Waals surface area contributed by atoms with E-state index >= 15 is 0 Å². The van der Waals surface area contributed by atoms with Gasteiger partial charge in [-0.05, 0) is 42.0 Å². The Morgan fingerprint density at radius 3 is 2.42 bits per heavy atom. The molecule has 1 aliphatic rings. The van der Waals surface area contributed by atoms with E-state index in [-0.39, 0.29) is 24.0 Å². The van der Waals surface area contributed by atoms with Gasteiger partial charge < -0.3 is 15.4 Å². The van der Waals surface area contributed by atoms with Crippen LogP contribution in [0.1, 0.15) is 71.0 Å². The molecule has 0 radical (unpaired) electrons. The lowest BCUT2D eigenvalue weighted by atomic mass is 9.91. The van der Waals surface area contributed by atoms with Crippen LogP contribution in [0.2, 0.25) is 0 Å². The van der Waals surface area contributed by atoms with Crippen LogP contribution >= 0.6 is 0 Å². The molecule has 1 atom stereocenters. The van der Waals surface area contributed by atoms with E-state index < -0.39 is 12.0 Å². The van der Waals surface area contributed by atoms with Gasteiger partial charge >= 0.3 is 12.0 Å². The normalized spacial score (nSPS) is 16.0. The number of amides is 3. The fourth-order valence-corrected chi connectivity index (χ4v) is 4.25. The maximum atomic E-state index is 13.4. The Morgan fingerprint density at radius 2 is 1.78 bits per heavy atom. The molecular formula is C29H37N3O4. The maximum Gasteiger partial charge on any atom is 0.338 e. The van der Waals surface area contributed by atoms with Crippen LogP contribution in [0, 0.1) is 5.41 Å². The average Bonchev–Trinajstić information content (AvgIpc) is 2.82. The summed E-state index contributed by atoms with van der Waals surface area (Å²) in [5.41, 5.74) is 2.84. The molecule has 2 aromatic rings. The summed E-state index contributed by atoms with van der Waals surface area (Å²) in [4.78, 5) is 40.9. The van der Waals surface area contributed by atoms with E-state index in [9.17, 15) is 14.4 Å². The fraction of sp³-hybridized carbons (Fsp3) is 0.414. The smallest absolute Gasteiger partial charge is 0.338 e. The lowest BCUT2D eigenvalue weighted by molar-refractivity contribution is -0.139. The van der Waals surface area contributed by atoms with Crippen molar-refractivity contribution in [1.82, 2.24) is 10.2 Å². The number of hydrogen-bond acceptors (Lipinski definition) is 4. The quantitative estimate of drug-likeness (QED) is 0.427. The van der Waals surface area contributed by atoms with E-state index in [2.05, 4.69) is 17.6 Å². The van der Waals surface area contributed by atoms with Crippen molar-refractivity contribution >= 4 is 29.3 Å². The second-order valence-electron chi connectivity index (χ2n) is 10.1. The van der Waals surface area contributed by atoms with Crippen LogP contribution in [-0.2, 0) is 14.3 Å². The maximum absolute atomic E-state index is 13.4. The molecule has 3 amide bonds. The largest absolute Gasteiger partial charge is 0.463 e. The molecule has 0 saturated carbocycles. The van der Waals surface area contributed by atoms with Crippen LogP contribution in [0.4, 0.5) is 10.5 Å². The summed E-state index contributed by atoms with van der Waals surface area (Å²) in [5, 5.41) is 5.96. The number of esters is 1.